The van der Waals surface area contributed by atoms with E-state index in [-0.39, 0.29) is 0 Å². The Hall–Kier alpha value is -1.63. The van der Waals surface area contributed by atoms with Gasteiger partial charge in [-0.3, -0.25) is 10.1 Å². The third kappa shape index (κ3) is 3.18. The van der Waals surface area contributed by atoms with Crippen molar-refractivity contribution >= 4 is 5.91 Å². The molecule has 1 aromatic carbocycles. The van der Waals surface area contributed by atoms with Crippen molar-refractivity contribution < 1.29 is 22.4 Å². The van der Waals surface area contributed by atoms with Crippen molar-refractivity contribution in [3.8, 4) is 0 Å². The first kappa shape index (κ1) is 15.8. The van der Waals surface area contributed by atoms with E-state index in [4.69, 9.17) is 0 Å². The summed E-state index contributed by atoms with van der Waals surface area (Å²) in [5.41, 5.74) is 0.590. The Morgan fingerprint density at radius 2 is 1.90 bits per heavy atom. The normalized spacial score (nSPS) is 23.1. The van der Waals surface area contributed by atoms with Crippen molar-refractivity contribution in [2.45, 2.75) is 37.9 Å². The van der Waals surface area contributed by atoms with Crippen LogP contribution in [0.5, 0.6) is 0 Å². The number of rotatable bonds is 5. The average Bonchev–Trinajstić information content (AvgIpc) is 2.76. The van der Waals surface area contributed by atoms with Crippen molar-refractivity contribution in [2.75, 3.05) is 6.54 Å². The molecule has 0 spiro atoms. The molecule has 2 unspecified atom stereocenters. The number of hydrogen-bond acceptors (Lipinski definition) is 2. The first-order chi connectivity index (χ1) is 9.86. The van der Waals surface area contributed by atoms with Gasteiger partial charge in [0.15, 0.2) is 0 Å². The summed E-state index contributed by atoms with van der Waals surface area (Å²) in [6.45, 7) is 0.430. The number of nitrogens with one attached hydrogen (secondary N) is 1. The fourth-order valence-corrected chi connectivity index (χ4v) is 2.35. The van der Waals surface area contributed by atoms with Crippen LogP contribution in [0.15, 0.2) is 30.3 Å². The maximum absolute atomic E-state index is 13.3. The number of alkyl halides is 4. The van der Waals surface area contributed by atoms with E-state index in [9.17, 15) is 22.4 Å². The van der Waals surface area contributed by atoms with Gasteiger partial charge < -0.3 is 4.90 Å². The maximum atomic E-state index is 13.3. The lowest BCUT2D eigenvalue weighted by Crippen LogP contribution is -2.44. The number of nitrogens with zero attached hydrogens (tertiary/aromatic N) is 1. The summed E-state index contributed by atoms with van der Waals surface area (Å²) in [6.07, 6.45) is -4.21. The third-order valence-electron chi connectivity index (χ3n) is 3.48. The van der Waals surface area contributed by atoms with E-state index < -0.39 is 37.0 Å². The Labute approximate surface area is 119 Å². The van der Waals surface area contributed by atoms with Gasteiger partial charge in [-0.15, -0.1) is 0 Å². The van der Waals surface area contributed by atoms with E-state index >= 15 is 0 Å². The largest absolute Gasteiger partial charge is 0.324 e. The van der Waals surface area contributed by atoms with Crippen LogP contribution in [0.4, 0.5) is 17.6 Å². The number of halogens is 4. The molecule has 1 aromatic rings. The minimum atomic E-state index is -4.23. The van der Waals surface area contributed by atoms with E-state index in [0.29, 0.717) is 12.0 Å². The Kier molecular flexibility index (Phi) is 4.51. The molecule has 116 valence electrons. The van der Waals surface area contributed by atoms with Gasteiger partial charge in [0.25, 0.3) is 0 Å². The number of benzene rings is 1. The molecule has 0 saturated carbocycles. The van der Waals surface area contributed by atoms with Crippen LogP contribution in [0.3, 0.4) is 0 Å². The molecule has 0 aliphatic carbocycles. The molecule has 7 heteroatoms. The van der Waals surface area contributed by atoms with E-state index in [1.54, 1.807) is 37.3 Å². The highest BCUT2D eigenvalue weighted by atomic mass is 19.3. The monoisotopic (exact) mass is 304 g/mol. The molecule has 1 heterocycles. The Morgan fingerprint density at radius 3 is 2.43 bits per heavy atom. The number of hydrogen-bond donors (Lipinski definition) is 1. The van der Waals surface area contributed by atoms with Gasteiger partial charge in [-0.25, -0.2) is 8.78 Å². The van der Waals surface area contributed by atoms with Crippen molar-refractivity contribution in [3.05, 3.63) is 35.9 Å². The van der Waals surface area contributed by atoms with Gasteiger partial charge in [0, 0.05) is 0 Å². The van der Waals surface area contributed by atoms with Crippen LogP contribution in [0.1, 0.15) is 25.1 Å². The molecule has 3 nitrogen and oxygen atoms in total. The lowest BCUT2D eigenvalue weighted by Gasteiger charge is -2.28. The highest BCUT2D eigenvalue weighted by molar-refractivity contribution is 5.84. The van der Waals surface area contributed by atoms with Gasteiger partial charge >= 0.3 is 12.3 Å². The van der Waals surface area contributed by atoms with Gasteiger partial charge in [-0.2, -0.15) is 8.78 Å². The predicted molar refractivity (Wildman–Crippen MR) is 69.1 cm³/mol. The summed E-state index contributed by atoms with van der Waals surface area (Å²) < 4.78 is 51.4. The Morgan fingerprint density at radius 1 is 1.29 bits per heavy atom. The number of carbonyl (C=O) groups is 1. The molecule has 0 bridgehead atoms. The average molecular weight is 304 g/mol. The maximum Gasteiger partial charge on any atom is 0.324 e. The lowest BCUT2D eigenvalue weighted by molar-refractivity contribution is -0.157. The molecule has 2 rings (SSSR count). The zero-order valence-electron chi connectivity index (χ0n) is 11.4. The second kappa shape index (κ2) is 6.01. The molecule has 2 atom stereocenters. The van der Waals surface area contributed by atoms with Crippen LogP contribution in [-0.2, 0) is 4.79 Å². The minimum absolute atomic E-state index is 0.402. The summed E-state index contributed by atoms with van der Waals surface area (Å²) in [5, 5.41) is 2.92. The van der Waals surface area contributed by atoms with E-state index in [2.05, 4.69) is 5.32 Å². The summed E-state index contributed by atoms with van der Waals surface area (Å²) in [5.74, 6) is -4.81. The molecular weight excluding hydrogens is 288 g/mol. The van der Waals surface area contributed by atoms with Crippen molar-refractivity contribution in [3.63, 3.8) is 0 Å². The van der Waals surface area contributed by atoms with Crippen LogP contribution >= 0.6 is 0 Å². The van der Waals surface area contributed by atoms with Crippen LogP contribution < -0.4 is 5.32 Å². The summed E-state index contributed by atoms with van der Waals surface area (Å²) >= 11 is 0. The molecule has 1 amide bonds. The molecule has 0 aromatic heterocycles. The molecule has 1 aliphatic rings. The minimum Gasteiger partial charge on any atom is -0.315 e. The van der Waals surface area contributed by atoms with Gasteiger partial charge in [0.1, 0.15) is 6.17 Å². The standard InChI is InChI=1S/C14H16F4N2O/c1-2-10-12(21)20(8-14(17,18)13(15)16)11(19-10)9-6-4-3-5-7-9/h3-7,10-11,13,19H,2,8H2,1H3. The molecule has 1 fully saturated rings. The fraction of sp³-hybridized carbons (Fsp3) is 0.500. The zero-order chi connectivity index (χ0) is 15.6. The highest BCUT2D eigenvalue weighted by Crippen LogP contribution is 2.32. The molecule has 0 radical (unpaired) electrons. The topological polar surface area (TPSA) is 32.3 Å². The number of carbonyl (C=O) groups excluding carboxylic acids is 1. The smallest absolute Gasteiger partial charge is 0.315 e. The first-order valence-electron chi connectivity index (χ1n) is 6.64. The molecule has 1 saturated heterocycles. The Balaban J connectivity index is 2.28. The molecule has 1 aliphatic heterocycles. The van der Waals surface area contributed by atoms with Gasteiger partial charge in [-0.05, 0) is 12.0 Å². The molecular formula is C14H16F4N2O. The van der Waals surface area contributed by atoms with Crippen molar-refractivity contribution in [1.29, 1.82) is 0 Å². The van der Waals surface area contributed by atoms with Crippen LogP contribution in [0.25, 0.3) is 0 Å². The van der Waals surface area contributed by atoms with Crippen LogP contribution in [0.2, 0.25) is 0 Å². The van der Waals surface area contributed by atoms with Crippen LogP contribution in [-0.4, -0.2) is 35.7 Å². The first-order valence-corrected chi connectivity index (χ1v) is 6.64. The van der Waals surface area contributed by atoms with Crippen molar-refractivity contribution in [2.24, 2.45) is 0 Å². The summed E-state index contributed by atoms with van der Waals surface area (Å²) in [7, 11) is 0. The molecule has 1 N–H and O–H groups in total. The van der Waals surface area contributed by atoms with Gasteiger partial charge in [0.2, 0.25) is 5.91 Å². The zero-order valence-corrected chi connectivity index (χ0v) is 11.4. The second-order valence-electron chi connectivity index (χ2n) is 4.97. The second-order valence-corrected chi connectivity index (χ2v) is 4.97. The highest BCUT2D eigenvalue weighted by Gasteiger charge is 2.48. The fourth-order valence-electron chi connectivity index (χ4n) is 2.35. The predicted octanol–water partition coefficient (Wildman–Crippen LogP) is 2.80. The van der Waals surface area contributed by atoms with E-state index in [1.165, 1.54) is 0 Å². The SMILES string of the molecule is CCC1NC(c2ccccc2)N(CC(F)(F)C(F)F)C1=O. The van der Waals surface area contributed by atoms with Crippen LogP contribution in [0, 0.1) is 0 Å². The van der Waals surface area contributed by atoms with Gasteiger partial charge in [-0.1, -0.05) is 37.3 Å². The van der Waals surface area contributed by atoms with Crippen molar-refractivity contribution in [1.82, 2.24) is 10.2 Å². The lowest BCUT2D eigenvalue weighted by atomic mass is 10.1. The number of amides is 1. The van der Waals surface area contributed by atoms with E-state index in [1.807, 2.05) is 0 Å². The van der Waals surface area contributed by atoms with Gasteiger partial charge in [0.05, 0.1) is 12.6 Å². The summed E-state index contributed by atoms with van der Waals surface area (Å²) in [6, 6.07) is 7.83. The molecule has 21 heavy (non-hydrogen) atoms. The van der Waals surface area contributed by atoms with E-state index in [0.717, 1.165) is 4.90 Å². The summed E-state index contributed by atoms with van der Waals surface area (Å²) in [4.78, 5) is 12.9. The quantitative estimate of drug-likeness (QED) is 0.848. The third-order valence-corrected chi connectivity index (χ3v) is 3.48. The Bertz CT molecular complexity index is 495.